The fraction of sp³-hybridized carbons (Fsp3) is 0.240. The number of hydrogen-bond acceptors (Lipinski definition) is 5. The van der Waals surface area contributed by atoms with E-state index in [1.165, 1.54) is 23.5 Å². The number of rotatable bonds is 8. The van der Waals surface area contributed by atoms with Gasteiger partial charge in [0.25, 0.3) is 11.8 Å². The Morgan fingerprint density at radius 1 is 0.969 bits per heavy atom. The molecule has 0 spiro atoms. The lowest BCUT2D eigenvalue weighted by molar-refractivity contribution is -0.149. The highest BCUT2D eigenvalue weighted by molar-refractivity contribution is 5.96. The lowest BCUT2D eigenvalue weighted by atomic mass is 10.1. The first-order chi connectivity index (χ1) is 15.6. The second-order valence-electron chi connectivity index (χ2n) is 7.69. The summed E-state index contributed by atoms with van der Waals surface area (Å²) in [4.78, 5) is 37.4. The van der Waals surface area contributed by atoms with Gasteiger partial charge in [-0.3, -0.25) is 9.59 Å². The van der Waals surface area contributed by atoms with Crippen LogP contribution in [0.2, 0.25) is 0 Å². The third-order valence-electron chi connectivity index (χ3n) is 5.35. The summed E-state index contributed by atoms with van der Waals surface area (Å²) in [6.07, 6.45) is 4.79. The summed E-state index contributed by atoms with van der Waals surface area (Å²) in [5, 5.41) is 5.39. The predicted octanol–water partition coefficient (Wildman–Crippen LogP) is 3.29. The minimum absolute atomic E-state index is 0.0882. The summed E-state index contributed by atoms with van der Waals surface area (Å²) in [7, 11) is 0. The molecule has 164 valence electrons. The molecule has 0 fully saturated rings. The van der Waals surface area contributed by atoms with E-state index in [4.69, 9.17) is 9.15 Å². The number of carbonyl (C=O) groups is 3. The molecule has 1 heterocycles. The molecule has 0 unspecified atom stereocenters. The third-order valence-corrected chi connectivity index (χ3v) is 5.35. The molecule has 1 aliphatic rings. The van der Waals surface area contributed by atoms with Crippen molar-refractivity contribution in [2.75, 3.05) is 11.9 Å². The van der Waals surface area contributed by atoms with Gasteiger partial charge in [0.2, 0.25) is 0 Å². The molecule has 0 saturated heterocycles. The fourth-order valence-corrected chi connectivity index (χ4v) is 3.76. The predicted molar refractivity (Wildman–Crippen MR) is 118 cm³/mol. The lowest BCUT2D eigenvalue weighted by Gasteiger charge is -2.17. The second kappa shape index (κ2) is 9.96. The van der Waals surface area contributed by atoms with E-state index in [0.717, 1.165) is 24.8 Å². The summed E-state index contributed by atoms with van der Waals surface area (Å²) < 4.78 is 10.3. The number of benzene rings is 2. The quantitative estimate of drug-likeness (QED) is 0.533. The van der Waals surface area contributed by atoms with Crippen molar-refractivity contribution in [1.29, 1.82) is 0 Å². The van der Waals surface area contributed by atoms with E-state index in [1.807, 2.05) is 48.5 Å². The van der Waals surface area contributed by atoms with Gasteiger partial charge >= 0.3 is 5.97 Å². The summed E-state index contributed by atoms with van der Waals surface area (Å²) in [6.45, 7) is -0.447. The Morgan fingerprint density at radius 3 is 2.56 bits per heavy atom. The first kappa shape index (κ1) is 21.4. The van der Waals surface area contributed by atoms with Crippen LogP contribution in [0.15, 0.2) is 71.3 Å². The van der Waals surface area contributed by atoms with Gasteiger partial charge in [0.05, 0.1) is 6.26 Å². The Kier molecular flexibility index (Phi) is 6.65. The third kappa shape index (κ3) is 5.43. The number of furan rings is 1. The monoisotopic (exact) mass is 432 g/mol. The second-order valence-corrected chi connectivity index (χ2v) is 7.69. The van der Waals surface area contributed by atoms with Gasteiger partial charge in [0, 0.05) is 12.1 Å². The van der Waals surface area contributed by atoms with Crippen molar-refractivity contribution in [2.24, 2.45) is 0 Å². The molecule has 1 atom stereocenters. The number of hydrogen-bond donors (Lipinski definition) is 2. The number of esters is 1. The highest BCUT2D eigenvalue weighted by atomic mass is 16.5. The normalized spacial score (nSPS) is 13.1. The van der Waals surface area contributed by atoms with E-state index >= 15 is 0 Å². The molecule has 2 aromatic carbocycles. The maximum Gasteiger partial charge on any atom is 0.329 e. The molecule has 0 saturated carbocycles. The zero-order valence-corrected chi connectivity index (χ0v) is 17.5. The topological polar surface area (TPSA) is 97.6 Å². The molecule has 32 heavy (non-hydrogen) atoms. The molecule has 4 rings (SSSR count). The number of anilines is 1. The van der Waals surface area contributed by atoms with Crippen LogP contribution in [-0.2, 0) is 33.6 Å². The van der Waals surface area contributed by atoms with Gasteiger partial charge in [0.1, 0.15) is 6.04 Å². The van der Waals surface area contributed by atoms with Crippen LogP contribution in [0.4, 0.5) is 5.69 Å². The molecular formula is C25H24N2O5. The Balaban J connectivity index is 1.36. The van der Waals surface area contributed by atoms with E-state index in [9.17, 15) is 14.4 Å². The molecule has 0 radical (unpaired) electrons. The maximum absolute atomic E-state index is 12.7. The van der Waals surface area contributed by atoms with Crippen molar-refractivity contribution < 1.29 is 23.5 Å². The van der Waals surface area contributed by atoms with Crippen LogP contribution in [0, 0.1) is 0 Å². The van der Waals surface area contributed by atoms with Crippen molar-refractivity contribution in [3.05, 3.63) is 89.4 Å². The number of ether oxygens (including phenoxy) is 1. The van der Waals surface area contributed by atoms with Crippen molar-refractivity contribution in [2.45, 2.75) is 31.7 Å². The Hall–Kier alpha value is -3.87. The van der Waals surface area contributed by atoms with Crippen LogP contribution >= 0.6 is 0 Å². The van der Waals surface area contributed by atoms with Crippen molar-refractivity contribution >= 4 is 23.5 Å². The van der Waals surface area contributed by atoms with Crippen LogP contribution in [-0.4, -0.2) is 30.4 Å². The lowest BCUT2D eigenvalue weighted by Crippen LogP contribution is -2.44. The fourth-order valence-electron chi connectivity index (χ4n) is 3.76. The summed E-state index contributed by atoms with van der Waals surface area (Å²) in [5.74, 6) is -1.58. The SMILES string of the molecule is O=C(COC(=O)[C@@H](Cc1ccccc1)NC(=O)c1ccco1)Nc1ccc2c(c1)CCC2. The van der Waals surface area contributed by atoms with Crippen LogP contribution in [0.5, 0.6) is 0 Å². The van der Waals surface area contributed by atoms with Gasteiger partial charge in [0.15, 0.2) is 12.4 Å². The number of aryl methyl sites for hydroxylation is 2. The largest absolute Gasteiger partial charge is 0.459 e. The van der Waals surface area contributed by atoms with Crippen LogP contribution in [0.3, 0.4) is 0 Å². The van der Waals surface area contributed by atoms with Gasteiger partial charge in [-0.15, -0.1) is 0 Å². The average Bonchev–Trinajstić information content (AvgIpc) is 3.49. The molecule has 7 nitrogen and oxygen atoms in total. The van der Waals surface area contributed by atoms with E-state index in [1.54, 1.807) is 6.07 Å². The van der Waals surface area contributed by atoms with Gasteiger partial charge in [-0.2, -0.15) is 0 Å². The summed E-state index contributed by atoms with van der Waals surface area (Å²) >= 11 is 0. The molecule has 2 amide bonds. The summed E-state index contributed by atoms with van der Waals surface area (Å²) in [6, 6.07) is 17.2. The number of fused-ring (bicyclic) bond motifs is 1. The highest BCUT2D eigenvalue weighted by Crippen LogP contribution is 2.24. The van der Waals surface area contributed by atoms with E-state index in [-0.39, 0.29) is 12.2 Å². The maximum atomic E-state index is 12.7. The standard InChI is InChI=1S/C25H24N2O5/c28-23(26-20-12-11-18-8-4-9-19(18)15-20)16-32-25(30)21(14-17-6-2-1-3-7-17)27-24(29)22-10-5-13-31-22/h1-3,5-7,10-13,15,21H,4,8-9,14,16H2,(H,26,28)(H,27,29)/t21-/m1/s1. The molecule has 0 bridgehead atoms. The number of carbonyl (C=O) groups excluding carboxylic acids is 3. The van der Waals surface area contributed by atoms with Gasteiger partial charge < -0.3 is 19.8 Å². The van der Waals surface area contributed by atoms with E-state index in [2.05, 4.69) is 10.6 Å². The van der Waals surface area contributed by atoms with Crippen molar-refractivity contribution in [3.8, 4) is 0 Å². The molecule has 3 aromatic rings. The first-order valence-electron chi connectivity index (χ1n) is 10.5. The Labute approximate surface area is 185 Å². The molecule has 0 aliphatic heterocycles. The zero-order valence-electron chi connectivity index (χ0n) is 17.5. The number of nitrogens with one attached hydrogen (secondary N) is 2. The minimum atomic E-state index is -0.970. The van der Waals surface area contributed by atoms with E-state index in [0.29, 0.717) is 5.69 Å². The zero-order chi connectivity index (χ0) is 22.3. The molecule has 7 heteroatoms. The van der Waals surface area contributed by atoms with Crippen LogP contribution in [0.1, 0.15) is 33.7 Å². The minimum Gasteiger partial charge on any atom is -0.459 e. The van der Waals surface area contributed by atoms with Crippen LogP contribution < -0.4 is 10.6 Å². The van der Waals surface area contributed by atoms with E-state index < -0.39 is 30.4 Å². The summed E-state index contributed by atoms with van der Waals surface area (Å²) in [5.41, 5.74) is 4.07. The molecular weight excluding hydrogens is 408 g/mol. The molecule has 2 N–H and O–H groups in total. The smallest absolute Gasteiger partial charge is 0.329 e. The van der Waals surface area contributed by atoms with Gasteiger partial charge in [-0.05, 0) is 60.2 Å². The van der Waals surface area contributed by atoms with Crippen molar-refractivity contribution in [3.63, 3.8) is 0 Å². The Bertz CT molecular complexity index is 1090. The van der Waals surface area contributed by atoms with Gasteiger partial charge in [-0.1, -0.05) is 36.4 Å². The first-order valence-corrected chi connectivity index (χ1v) is 10.5. The van der Waals surface area contributed by atoms with Crippen LogP contribution in [0.25, 0.3) is 0 Å². The van der Waals surface area contributed by atoms with Gasteiger partial charge in [-0.25, -0.2) is 4.79 Å². The Morgan fingerprint density at radius 2 is 1.78 bits per heavy atom. The molecule has 1 aromatic heterocycles. The highest BCUT2D eigenvalue weighted by Gasteiger charge is 2.25. The average molecular weight is 432 g/mol. The molecule has 1 aliphatic carbocycles. The van der Waals surface area contributed by atoms with Crippen molar-refractivity contribution in [1.82, 2.24) is 5.32 Å². The number of amides is 2.